The summed E-state index contributed by atoms with van der Waals surface area (Å²) in [5.74, 6) is -2.54. The molecule has 1 atom stereocenters. The Hall–Kier alpha value is -1.77. The van der Waals surface area contributed by atoms with E-state index in [4.69, 9.17) is 9.47 Å². The number of esters is 2. The van der Waals surface area contributed by atoms with Crippen molar-refractivity contribution in [3.05, 3.63) is 35.9 Å². The van der Waals surface area contributed by atoms with Crippen LogP contribution in [0.15, 0.2) is 30.3 Å². The fourth-order valence-electron chi connectivity index (χ4n) is 1.99. The molecule has 0 fully saturated rings. The van der Waals surface area contributed by atoms with Crippen molar-refractivity contribution in [3.8, 4) is 0 Å². The Bertz CT molecular complexity index is 559. The Balaban J connectivity index is 3.35. The van der Waals surface area contributed by atoms with Crippen LogP contribution in [0.3, 0.4) is 0 Å². The predicted octanol–water partition coefficient (Wildman–Crippen LogP) is 3.69. The van der Waals surface area contributed by atoms with Crippen molar-refractivity contribution in [1.29, 1.82) is 0 Å². The molecule has 0 radical (unpaired) electrons. The quantitative estimate of drug-likeness (QED) is 0.390. The van der Waals surface area contributed by atoms with E-state index in [9.17, 15) is 27.2 Å². The summed E-state index contributed by atoms with van der Waals surface area (Å²) >= 11 is -0.451. The van der Waals surface area contributed by atoms with E-state index in [1.165, 1.54) is 26.0 Å². The number of benzene rings is 1. The number of hydrogen-bond acceptors (Lipinski definition) is 5. The fourth-order valence-corrected chi connectivity index (χ4v) is 3.03. The number of rotatable bonds is 8. The highest BCUT2D eigenvalue weighted by Gasteiger charge is 2.56. The molecule has 4 nitrogen and oxygen atoms in total. The molecule has 25 heavy (non-hydrogen) atoms. The highest BCUT2D eigenvalue weighted by Crippen LogP contribution is 2.42. The molecule has 9 heteroatoms. The highest BCUT2D eigenvalue weighted by atomic mass is 32.2. The van der Waals surface area contributed by atoms with Gasteiger partial charge < -0.3 is 9.47 Å². The molecule has 1 unspecified atom stereocenters. The molecule has 0 saturated heterocycles. The standard InChI is InChI=1S/C16H18F4O4S/c1-3-23-13(21)15(14(22)24-4-2,25-12(17)16(18,19)20)10-11-8-6-5-7-9-11/h5-9,12H,3-4,10H2,1-2H3. The second-order valence-corrected chi connectivity index (χ2v) is 6.25. The van der Waals surface area contributed by atoms with Crippen LogP contribution >= 0.6 is 11.8 Å². The van der Waals surface area contributed by atoms with Crippen molar-refractivity contribution in [2.75, 3.05) is 13.2 Å². The van der Waals surface area contributed by atoms with Gasteiger partial charge in [-0.05, 0) is 19.4 Å². The van der Waals surface area contributed by atoms with Gasteiger partial charge in [0, 0.05) is 6.42 Å². The van der Waals surface area contributed by atoms with Crippen molar-refractivity contribution in [2.24, 2.45) is 0 Å². The molecule has 1 aromatic carbocycles. The van der Waals surface area contributed by atoms with Crippen molar-refractivity contribution >= 4 is 23.7 Å². The smallest absolute Gasteiger partial charge is 0.429 e. The van der Waals surface area contributed by atoms with E-state index < -0.39 is 46.5 Å². The van der Waals surface area contributed by atoms with E-state index in [1.807, 2.05) is 0 Å². The average Bonchev–Trinajstić information content (AvgIpc) is 2.54. The van der Waals surface area contributed by atoms with Gasteiger partial charge in [-0.15, -0.1) is 0 Å². The lowest BCUT2D eigenvalue weighted by Gasteiger charge is -2.30. The minimum atomic E-state index is -5.24. The molecular weight excluding hydrogens is 364 g/mol. The zero-order chi connectivity index (χ0) is 19.1. The van der Waals surface area contributed by atoms with Gasteiger partial charge >= 0.3 is 18.1 Å². The van der Waals surface area contributed by atoms with Crippen molar-refractivity contribution in [3.63, 3.8) is 0 Å². The van der Waals surface area contributed by atoms with Crippen molar-refractivity contribution in [2.45, 2.75) is 36.7 Å². The second-order valence-electron chi connectivity index (χ2n) is 4.91. The number of halogens is 4. The number of hydrogen-bond donors (Lipinski definition) is 0. The number of thioether (sulfide) groups is 1. The largest absolute Gasteiger partial charge is 0.465 e. The monoisotopic (exact) mass is 382 g/mol. The second kappa shape index (κ2) is 9.07. The summed E-state index contributed by atoms with van der Waals surface area (Å²) in [6.45, 7) is 2.49. The minimum absolute atomic E-state index is 0.182. The summed E-state index contributed by atoms with van der Waals surface area (Å²) in [7, 11) is 0. The maximum Gasteiger partial charge on any atom is 0.429 e. The molecule has 0 N–H and O–H groups in total. The van der Waals surface area contributed by atoms with Gasteiger partial charge in [-0.1, -0.05) is 42.1 Å². The van der Waals surface area contributed by atoms with Crippen LogP contribution in [0.1, 0.15) is 19.4 Å². The number of ether oxygens (including phenoxy) is 2. The van der Waals surface area contributed by atoms with Crippen LogP contribution in [0.5, 0.6) is 0 Å². The van der Waals surface area contributed by atoms with Crippen molar-refractivity contribution < 1.29 is 36.6 Å². The lowest BCUT2D eigenvalue weighted by atomic mass is 9.98. The Labute approximate surface area is 146 Å². The molecule has 0 heterocycles. The summed E-state index contributed by atoms with van der Waals surface area (Å²) in [6.07, 6.45) is -5.74. The van der Waals surface area contributed by atoms with Gasteiger partial charge in [-0.3, -0.25) is 0 Å². The van der Waals surface area contributed by atoms with Crippen LogP contribution in [-0.4, -0.2) is 41.6 Å². The molecule has 0 bridgehead atoms. The van der Waals surface area contributed by atoms with Gasteiger partial charge in [0.2, 0.25) is 10.3 Å². The van der Waals surface area contributed by atoms with E-state index in [1.54, 1.807) is 18.2 Å². The highest BCUT2D eigenvalue weighted by molar-refractivity contribution is 8.02. The minimum Gasteiger partial charge on any atom is -0.465 e. The van der Waals surface area contributed by atoms with E-state index in [-0.39, 0.29) is 13.2 Å². The zero-order valence-corrected chi connectivity index (χ0v) is 14.5. The summed E-state index contributed by atoms with van der Waals surface area (Å²) < 4.78 is 58.9. The summed E-state index contributed by atoms with van der Waals surface area (Å²) in [6, 6.07) is 7.83. The number of alkyl halides is 4. The Morgan fingerprint density at radius 3 is 1.92 bits per heavy atom. The third-order valence-corrected chi connectivity index (χ3v) is 4.42. The van der Waals surface area contributed by atoms with Gasteiger partial charge in [0.25, 0.3) is 0 Å². The van der Waals surface area contributed by atoms with Crippen molar-refractivity contribution in [1.82, 2.24) is 0 Å². The molecule has 0 saturated carbocycles. The lowest BCUT2D eigenvalue weighted by Crippen LogP contribution is -2.50. The average molecular weight is 382 g/mol. The molecule has 1 aromatic rings. The van der Waals surface area contributed by atoms with E-state index in [0.29, 0.717) is 5.56 Å². The van der Waals surface area contributed by atoms with Gasteiger partial charge in [0.1, 0.15) is 0 Å². The topological polar surface area (TPSA) is 52.6 Å². The zero-order valence-electron chi connectivity index (χ0n) is 13.6. The summed E-state index contributed by atoms with van der Waals surface area (Å²) in [4.78, 5) is 24.7. The van der Waals surface area contributed by atoms with E-state index in [2.05, 4.69) is 0 Å². The Kier molecular flexibility index (Phi) is 7.72. The van der Waals surface area contributed by atoms with Crippen LogP contribution in [-0.2, 0) is 25.5 Å². The molecule has 140 valence electrons. The fraction of sp³-hybridized carbons (Fsp3) is 0.500. The first-order valence-electron chi connectivity index (χ1n) is 7.44. The van der Waals surface area contributed by atoms with Crippen LogP contribution in [0.4, 0.5) is 17.6 Å². The first-order chi connectivity index (χ1) is 11.7. The molecule has 0 aliphatic rings. The normalized spacial score (nSPS) is 13.2. The van der Waals surface area contributed by atoms with Crippen LogP contribution in [0.2, 0.25) is 0 Å². The van der Waals surface area contributed by atoms with Gasteiger partial charge in [-0.25, -0.2) is 14.0 Å². The maximum absolute atomic E-state index is 13.7. The molecule has 0 spiro atoms. The molecule has 0 aromatic heterocycles. The third-order valence-electron chi connectivity index (χ3n) is 3.07. The molecule has 0 aliphatic heterocycles. The first-order valence-corrected chi connectivity index (χ1v) is 8.32. The van der Waals surface area contributed by atoms with Gasteiger partial charge in [-0.2, -0.15) is 13.2 Å². The Morgan fingerprint density at radius 1 is 1.04 bits per heavy atom. The third kappa shape index (κ3) is 5.62. The van der Waals surface area contributed by atoms with Crippen LogP contribution < -0.4 is 0 Å². The van der Waals surface area contributed by atoms with Gasteiger partial charge in [0.15, 0.2) is 0 Å². The number of carbonyl (C=O) groups excluding carboxylic acids is 2. The molecule has 1 rings (SSSR count). The predicted molar refractivity (Wildman–Crippen MR) is 84.7 cm³/mol. The van der Waals surface area contributed by atoms with Crippen LogP contribution in [0.25, 0.3) is 0 Å². The van der Waals surface area contributed by atoms with Gasteiger partial charge in [0.05, 0.1) is 13.2 Å². The molecule has 0 amide bonds. The maximum atomic E-state index is 13.7. The lowest BCUT2D eigenvalue weighted by molar-refractivity contribution is -0.160. The molecule has 0 aliphatic carbocycles. The SMILES string of the molecule is CCOC(=O)C(Cc1ccccc1)(SC(F)C(F)(F)F)C(=O)OCC. The van der Waals surface area contributed by atoms with Crippen LogP contribution in [0, 0.1) is 0 Å². The molecular formula is C16H18F4O4S. The summed E-state index contributed by atoms with van der Waals surface area (Å²) in [5, 5.41) is 0. The van der Waals surface area contributed by atoms with E-state index in [0.717, 1.165) is 0 Å². The first kappa shape index (κ1) is 21.3. The number of carbonyl (C=O) groups is 2. The van der Waals surface area contributed by atoms with E-state index >= 15 is 0 Å². The Morgan fingerprint density at radius 2 is 1.52 bits per heavy atom. The summed E-state index contributed by atoms with van der Waals surface area (Å²) in [5.41, 5.74) is -3.09.